The molecule has 2 fully saturated rings. The molecular weight excluding hydrogens is 414 g/mol. The van der Waals surface area contributed by atoms with Crippen molar-refractivity contribution < 1.29 is 18.2 Å². The Balaban J connectivity index is 1.14. The van der Waals surface area contributed by atoms with E-state index < -0.39 is 10.8 Å². The van der Waals surface area contributed by atoms with Crippen LogP contribution in [0, 0.1) is 0 Å². The van der Waals surface area contributed by atoms with Crippen LogP contribution >= 0.6 is 0 Å². The standard InChI is InChI=1S/C23H25N3O4S/c27-23(21-11-17-5-8-24-13-22(17)30-21)25-12-16-1-3-19(4-2-16)31(28)20-6-9-26(10-7-20)18-14-29-15-18/h1-5,8,11,13,18,20H,6-7,9-10,12,14-15H2,(H,25,27). The molecule has 2 aromatic heterocycles. The summed E-state index contributed by atoms with van der Waals surface area (Å²) in [6, 6.07) is 11.8. The molecule has 7 nitrogen and oxygen atoms in total. The van der Waals surface area contributed by atoms with Crippen molar-refractivity contribution in [3.63, 3.8) is 0 Å². The molecule has 0 spiro atoms. The second-order valence-electron chi connectivity index (χ2n) is 8.07. The number of carbonyl (C=O) groups is 1. The number of piperidine rings is 1. The van der Waals surface area contributed by atoms with Crippen molar-refractivity contribution in [2.75, 3.05) is 26.3 Å². The Hall–Kier alpha value is -2.55. The van der Waals surface area contributed by atoms with Gasteiger partial charge >= 0.3 is 0 Å². The maximum atomic E-state index is 13.0. The molecule has 162 valence electrons. The highest BCUT2D eigenvalue weighted by atomic mass is 32.2. The minimum atomic E-state index is -1.01. The molecule has 8 heteroatoms. The number of nitrogens with one attached hydrogen (secondary N) is 1. The Bertz CT molecular complexity index is 1050. The second-order valence-corrected chi connectivity index (χ2v) is 9.81. The summed E-state index contributed by atoms with van der Waals surface area (Å²) in [5.41, 5.74) is 1.54. The zero-order valence-corrected chi connectivity index (χ0v) is 18.0. The Morgan fingerprint density at radius 1 is 1.16 bits per heavy atom. The number of pyridine rings is 1. The number of rotatable bonds is 6. The summed E-state index contributed by atoms with van der Waals surface area (Å²) >= 11 is 0. The highest BCUT2D eigenvalue weighted by Crippen LogP contribution is 2.24. The van der Waals surface area contributed by atoms with Gasteiger partial charge in [-0.15, -0.1) is 0 Å². The molecule has 0 saturated carbocycles. The zero-order chi connectivity index (χ0) is 21.2. The lowest BCUT2D eigenvalue weighted by molar-refractivity contribution is -0.0694. The van der Waals surface area contributed by atoms with E-state index in [9.17, 15) is 9.00 Å². The smallest absolute Gasteiger partial charge is 0.287 e. The van der Waals surface area contributed by atoms with Gasteiger partial charge in [-0.1, -0.05) is 12.1 Å². The molecule has 5 rings (SSSR count). The lowest BCUT2D eigenvalue weighted by atomic mass is 10.1. The Morgan fingerprint density at radius 2 is 1.94 bits per heavy atom. The van der Waals surface area contributed by atoms with Gasteiger partial charge in [0.05, 0.1) is 36.3 Å². The lowest BCUT2D eigenvalue weighted by Gasteiger charge is -2.41. The van der Waals surface area contributed by atoms with Gasteiger partial charge in [-0.25, -0.2) is 0 Å². The zero-order valence-electron chi connectivity index (χ0n) is 17.2. The van der Waals surface area contributed by atoms with E-state index >= 15 is 0 Å². The first-order valence-corrected chi connectivity index (χ1v) is 11.8. The molecule has 0 radical (unpaired) electrons. The number of furan rings is 1. The van der Waals surface area contributed by atoms with Crippen molar-refractivity contribution in [1.82, 2.24) is 15.2 Å². The average Bonchev–Trinajstić information content (AvgIpc) is 3.21. The monoisotopic (exact) mass is 439 g/mol. The lowest BCUT2D eigenvalue weighted by Crippen LogP contribution is -2.52. The van der Waals surface area contributed by atoms with E-state index in [0.717, 1.165) is 55.0 Å². The summed E-state index contributed by atoms with van der Waals surface area (Å²) in [4.78, 5) is 19.7. The van der Waals surface area contributed by atoms with Gasteiger partial charge < -0.3 is 14.5 Å². The fraction of sp³-hybridized carbons (Fsp3) is 0.391. The van der Waals surface area contributed by atoms with Crippen LogP contribution in [0.3, 0.4) is 0 Å². The molecule has 3 aromatic rings. The van der Waals surface area contributed by atoms with E-state index in [-0.39, 0.29) is 16.9 Å². The number of ether oxygens (including phenoxy) is 1. The molecule has 31 heavy (non-hydrogen) atoms. The third-order valence-electron chi connectivity index (χ3n) is 6.07. The van der Waals surface area contributed by atoms with Crippen molar-refractivity contribution in [3.05, 3.63) is 60.1 Å². The van der Waals surface area contributed by atoms with Gasteiger partial charge in [0.2, 0.25) is 0 Å². The van der Waals surface area contributed by atoms with E-state index in [1.165, 1.54) is 0 Å². The summed E-state index contributed by atoms with van der Waals surface area (Å²) in [5, 5.41) is 3.92. The molecule has 2 aliphatic rings. The van der Waals surface area contributed by atoms with Gasteiger partial charge in [-0.3, -0.25) is 18.9 Å². The van der Waals surface area contributed by atoms with E-state index in [0.29, 0.717) is 18.2 Å². The minimum Gasteiger partial charge on any atom is -0.449 e. The predicted octanol–water partition coefficient (Wildman–Crippen LogP) is 2.73. The van der Waals surface area contributed by atoms with Crippen molar-refractivity contribution in [3.8, 4) is 0 Å². The van der Waals surface area contributed by atoms with E-state index in [2.05, 4.69) is 15.2 Å². The molecule has 1 N–H and O–H groups in total. The van der Waals surface area contributed by atoms with Gasteiger partial charge in [0.15, 0.2) is 11.3 Å². The SMILES string of the molecule is O=C(NCc1ccc(S(=O)C2CCN(C3COC3)CC2)cc1)c1cc2ccncc2o1. The highest BCUT2D eigenvalue weighted by molar-refractivity contribution is 7.85. The van der Waals surface area contributed by atoms with Gasteiger partial charge in [-0.05, 0) is 55.8 Å². The number of nitrogens with zero attached hydrogens (tertiary/aromatic N) is 2. The summed E-state index contributed by atoms with van der Waals surface area (Å²) < 4.78 is 23.8. The van der Waals surface area contributed by atoms with Crippen LogP contribution in [0.15, 0.2) is 58.1 Å². The van der Waals surface area contributed by atoms with Crippen LogP contribution in [-0.4, -0.2) is 57.6 Å². The number of benzene rings is 1. The number of likely N-dealkylation sites (tertiary alicyclic amines) is 1. The van der Waals surface area contributed by atoms with Crippen LogP contribution in [0.25, 0.3) is 11.0 Å². The first kappa shape index (κ1) is 20.4. The summed E-state index contributed by atoms with van der Waals surface area (Å²) in [7, 11) is -1.01. The molecule has 2 aliphatic heterocycles. The molecule has 4 heterocycles. The van der Waals surface area contributed by atoms with Crippen molar-refractivity contribution in [1.29, 1.82) is 0 Å². The summed E-state index contributed by atoms with van der Waals surface area (Å²) in [6.07, 6.45) is 5.16. The van der Waals surface area contributed by atoms with Crippen LogP contribution in [0.1, 0.15) is 29.0 Å². The van der Waals surface area contributed by atoms with Crippen LogP contribution in [0.2, 0.25) is 0 Å². The molecule has 0 aliphatic carbocycles. The molecular formula is C23H25N3O4S. The average molecular weight is 440 g/mol. The topological polar surface area (TPSA) is 84.7 Å². The number of hydrogen-bond acceptors (Lipinski definition) is 6. The Morgan fingerprint density at radius 3 is 2.61 bits per heavy atom. The van der Waals surface area contributed by atoms with Crippen LogP contribution in [0.5, 0.6) is 0 Å². The third kappa shape index (κ3) is 4.42. The third-order valence-corrected chi connectivity index (χ3v) is 7.89. The van der Waals surface area contributed by atoms with Gasteiger partial charge in [0.1, 0.15) is 0 Å². The molecule has 2 saturated heterocycles. The molecule has 1 atom stereocenters. The second kappa shape index (κ2) is 8.90. The normalized spacial score (nSPS) is 19.2. The fourth-order valence-corrected chi connectivity index (χ4v) is 5.52. The Labute approximate surface area is 183 Å². The van der Waals surface area contributed by atoms with E-state index in [1.807, 2.05) is 24.3 Å². The number of hydrogen-bond donors (Lipinski definition) is 1. The molecule has 0 bridgehead atoms. The number of carbonyl (C=O) groups excluding carboxylic acids is 1. The quantitative estimate of drug-likeness (QED) is 0.636. The van der Waals surface area contributed by atoms with Crippen molar-refractivity contribution >= 4 is 27.7 Å². The Kier molecular flexibility index (Phi) is 5.85. The fourth-order valence-electron chi connectivity index (χ4n) is 4.09. The largest absolute Gasteiger partial charge is 0.449 e. The number of fused-ring (bicyclic) bond motifs is 1. The van der Waals surface area contributed by atoms with Crippen LogP contribution in [0.4, 0.5) is 0 Å². The van der Waals surface area contributed by atoms with Crippen LogP contribution < -0.4 is 5.32 Å². The summed E-state index contributed by atoms with van der Waals surface area (Å²) in [5.74, 6) is -0.00648. The molecule has 1 amide bonds. The van der Waals surface area contributed by atoms with E-state index in [4.69, 9.17) is 9.15 Å². The number of aromatic nitrogens is 1. The highest BCUT2D eigenvalue weighted by Gasteiger charge is 2.31. The van der Waals surface area contributed by atoms with Crippen molar-refractivity contribution in [2.24, 2.45) is 0 Å². The number of amides is 1. The van der Waals surface area contributed by atoms with Crippen molar-refractivity contribution in [2.45, 2.75) is 35.6 Å². The van der Waals surface area contributed by atoms with Gasteiger partial charge in [0, 0.05) is 28.3 Å². The maximum Gasteiger partial charge on any atom is 0.287 e. The minimum absolute atomic E-state index is 0.199. The molecule has 1 aromatic carbocycles. The van der Waals surface area contributed by atoms with Crippen LogP contribution in [-0.2, 0) is 22.1 Å². The summed E-state index contributed by atoms with van der Waals surface area (Å²) in [6.45, 7) is 4.03. The maximum absolute atomic E-state index is 13.0. The first-order valence-electron chi connectivity index (χ1n) is 10.6. The first-order chi connectivity index (χ1) is 15.2. The predicted molar refractivity (Wildman–Crippen MR) is 117 cm³/mol. The molecule has 1 unspecified atom stereocenters. The van der Waals surface area contributed by atoms with Gasteiger partial charge in [-0.2, -0.15) is 0 Å². The van der Waals surface area contributed by atoms with E-state index in [1.54, 1.807) is 24.5 Å². The van der Waals surface area contributed by atoms with Gasteiger partial charge in [0.25, 0.3) is 5.91 Å².